The van der Waals surface area contributed by atoms with Crippen molar-refractivity contribution in [2.75, 3.05) is 27.2 Å². The summed E-state index contributed by atoms with van der Waals surface area (Å²) >= 11 is 0. The number of carbonyl (C=O) groups excluding carboxylic acids is 1. The molecule has 1 fully saturated rings. The van der Waals surface area contributed by atoms with Crippen molar-refractivity contribution in [3.8, 4) is 11.3 Å². The van der Waals surface area contributed by atoms with Crippen LogP contribution in [-0.4, -0.2) is 47.4 Å². The van der Waals surface area contributed by atoms with E-state index in [1.165, 1.54) is 12.1 Å². The molecule has 5 nitrogen and oxygen atoms in total. The highest BCUT2D eigenvalue weighted by atomic mass is 19.1. The molecule has 1 aromatic heterocycles. The number of carbonyl (C=O) groups is 1. The summed E-state index contributed by atoms with van der Waals surface area (Å²) in [5, 5.41) is 3.34. The molecular formula is C19H23FN4O. The smallest absolute Gasteiger partial charge is 0.205 e. The molecular weight excluding hydrogens is 319 g/mol. The molecule has 0 radical (unpaired) electrons. The monoisotopic (exact) mass is 342 g/mol. The van der Waals surface area contributed by atoms with Crippen molar-refractivity contribution in [2.45, 2.75) is 18.9 Å². The summed E-state index contributed by atoms with van der Waals surface area (Å²) < 4.78 is 15.2. The lowest BCUT2D eigenvalue weighted by molar-refractivity contribution is 0.103. The van der Waals surface area contributed by atoms with Gasteiger partial charge in [-0.1, -0.05) is 0 Å². The highest BCUT2D eigenvalue weighted by molar-refractivity contribution is 6.07. The molecule has 25 heavy (non-hydrogen) atoms. The highest BCUT2D eigenvalue weighted by Gasteiger charge is 2.24. The molecule has 132 valence electrons. The van der Waals surface area contributed by atoms with Gasteiger partial charge in [0.25, 0.3) is 0 Å². The minimum atomic E-state index is -0.304. The van der Waals surface area contributed by atoms with Crippen LogP contribution in [0.5, 0.6) is 0 Å². The Morgan fingerprint density at radius 3 is 2.60 bits per heavy atom. The Morgan fingerprint density at radius 2 is 1.96 bits per heavy atom. The van der Waals surface area contributed by atoms with Gasteiger partial charge < -0.3 is 14.8 Å². The summed E-state index contributed by atoms with van der Waals surface area (Å²) in [4.78, 5) is 19.2. The summed E-state index contributed by atoms with van der Waals surface area (Å²) in [5.41, 5.74) is 1.92. The molecule has 0 aliphatic carbocycles. The molecule has 1 saturated heterocycles. The maximum absolute atomic E-state index is 13.3. The lowest BCUT2D eigenvalue weighted by Crippen LogP contribution is -2.30. The summed E-state index contributed by atoms with van der Waals surface area (Å²) in [6.07, 6.45) is 6.94. The van der Waals surface area contributed by atoms with Crippen molar-refractivity contribution in [1.82, 2.24) is 19.8 Å². The summed E-state index contributed by atoms with van der Waals surface area (Å²) in [5.74, 6) is -0.397. The van der Waals surface area contributed by atoms with Gasteiger partial charge in [0, 0.05) is 38.0 Å². The van der Waals surface area contributed by atoms with Crippen molar-refractivity contribution in [3.63, 3.8) is 0 Å². The van der Waals surface area contributed by atoms with Crippen LogP contribution in [0.3, 0.4) is 0 Å². The average molecular weight is 342 g/mol. The van der Waals surface area contributed by atoms with Crippen molar-refractivity contribution in [2.24, 2.45) is 0 Å². The minimum Gasteiger partial charge on any atom is -0.383 e. The maximum Gasteiger partial charge on any atom is 0.205 e. The number of aromatic nitrogens is 2. The summed E-state index contributed by atoms with van der Waals surface area (Å²) in [6, 6.07) is 6.36. The van der Waals surface area contributed by atoms with Crippen molar-refractivity contribution in [3.05, 3.63) is 54.4 Å². The van der Waals surface area contributed by atoms with Gasteiger partial charge in [-0.05, 0) is 50.2 Å². The third-order valence-corrected chi connectivity index (χ3v) is 4.37. The molecule has 0 spiro atoms. The van der Waals surface area contributed by atoms with E-state index in [4.69, 9.17) is 0 Å². The summed E-state index contributed by atoms with van der Waals surface area (Å²) in [7, 11) is 3.74. The predicted octanol–water partition coefficient (Wildman–Crippen LogP) is 2.87. The van der Waals surface area contributed by atoms with Gasteiger partial charge in [0.2, 0.25) is 5.78 Å². The Kier molecular flexibility index (Phi) is 5.28. The van der Waals surface area contributed by atoms with Crippen LogP contribution in [0.15, 0.2) is 42.9 Å². The minimum absolute atomic E-state index is 0.0935. The van der Waals surface area contributed by atoms with E-state index in [1.807, 2.05) is 23.6 Å². The van der Waals surface area contributed by atoms with Crippen LogP contribution in [0.1, 0.15) is 29.4 Å². The number of hydrogen-bond donors (Lipinski definition) is 1. The normalized spacial score (nSPS) is 15.6. The zero-order chi connectivity index (χ0) is 17.8. The first-order valence-electron chi connectivity index (χ1n) is 8.48. The molecule has 1 aliphatic heterocycles. The molecule has 0 saturated carbocycles. The van der Waals surface area contributed by atoms with Crippen LogP contribution in [0.25, 0.3) is 11.3 Å². The third kappa shape index (κ3) is 3.96. The lowest BCUT2D eigenvalue weighted by atomic mass is 10.0. The third-order valence-electron chi connectivity index (χ3n) is 4.37. The van der Waals surface area contributed by atoms with E-state index in [0.29, 0.717) is 11.4 Å². The van der Waals surface area contributed by atoms with Gasteiger partial charge in [-0.15, -0.1) is 0 Å². The van der Waals surface area contributed by atoms with Crippen LogP contribution in [0, 0.1) is 5.82 Å². The van der Waals surface area contributed by atoms with Gasteiger partial charge in [-0.2, -0.15) is 0 Å². The number of allylic oxidation sites excluding steroid dienone is 1. The van der Waals surface area contributed by atoms with E-state index in [9.17, 15) is 9.18 Å². The Hall–Kier alpha value is -2.47. The first-order chi connectivity index (χ1) is 12.1. The second kappa shape index (κ2) is 7.61. The molecule has 6 heteroatoms. The first kappa shape index (κ1) is 17.4. The van der Waals surface area contributed by atoms with E-state index in [2.05, 4.69) is 10.3 Å². The van der Waals surface area contributed by atoms with Crippen LogP contribution in [-0.2, 0) is 0 Å². The quantitative estimate of drug-likeness (QED) is 0.671. The number of piperidine rings is 1. The van der Waals surface area contributed by atoms with Crippen LogP contribution >= 0.6 is 0 Å². The SMILES string of the molecule is CN(C)/C=C/C(=O)c1c(-c2ccc(F)cc2)ncn1C1CCNCC1. The van der Waals surface area contributed by atoms with Gasteiger partial charge in [0.05, 0.1) is 12.0 Å². The van der Waals surface area contributed by atoms with Crippen LogP contribution in [0.2, 0.25) is 0 Å². The van der Waals surface area contributed by atoms with Crippen molar-refractivity contribution in [1.29, 1.82) is 0 Å². The van der Waals surface area contributed by atoms with Gasteiger partial charge in [-0.3, -0.25) is 4.79 Å². The van der Waals surface area contributed by atoms with E-state index >= 15 is 0 Å². The number of nitrogens with zero attached hydrogens (tertiary/aromatic N) is 3. The number of ketones is 1. The fourth-order valence-corrected chi connectivity index (χ4v) is 3.08. The second-order valence-corrected chi connectivity index (χ2v) is 6.48. The second-order valence-electron chi connectivity index (χ2n) is 6.48. The molecule has 2 aromatic rings. The molecule has 0 bridgehead atoms. The Labute approximate surface area is 147 Å². The number of halogens is 1. The topological polar surface area (TPSA) is 50.2 Å². The largest absolute Gasteiger partial charge is 0.383 e. The fourth-order valence-electron chi connectivity index (χ4n) is 3.08. The predicted molar refractivity (Wildman–Crippen MR) is 95.9 cm³/mol. The molecule has 0 amide bonds. The Morgan fingerprint density at radius 1 is 1.28 bits per heavy atom. The summed E-state index contributed by atoms with van der Waals surface area (Å²) in [6.45, 7) is 1.85. The number of benzene rings is 1. The van der Waals surface area contributed by atoms with E-state index in [1.54, 1.807) is 30.7 Å². The Balaban J connectivity index is 2.03. The first-order valence-corrected chi connectivity index (χ1v) is 8.48. The zero-order valence-electron chi connectivity index (χ0n) is 14.6. The van der Waals surface area contributed by atoms with Gasteiger partial charge in [0.1, 0.15) is 11.5 Å². The average Bonchev–Trinajstić information content (AvgIpc) is 3.06. The van der Waals surface area contributed by atoms with Crippen LogP contribution in [0.4, 0.5) is 4.39 Å². The molecule has 1 aliphatic rings. The molecule has 1 aromatic carbocycles. The van der Waals surface area contributed by atoms with Gasteiger partial charge in [0.15, 0.2) is 0 Å². The van der Waals surface area contributed by atoms with Gasteiger partial charge >= 0.3 is 0 Å². The Bertz CT molecular complexity index is 758. The lowest BCUT2D eigenvalue weighted by Gasteiger charge is -2.25. The zero-order valence-corrected chi connectivity index (χ0v) is 14.6. The number of hydrogen-bond acceptors (Lipinski definition) is 4. The number of imidazole rings is 1. The van der Waals surface area contributed by atoms with Gasteiger partial charge in [-0.25, -0.2) is 9.37 Å². The van der Waals surface area contributed by atoms with E-state index in [-0.39, 0.29) is 17.6 Å². The standard InChI is InChI=1S/C19H23FN4O/c1-23(2)12-9-17(25)19-18(14-3-5-15(20)6-4-14)22-13-24(19)16-7-10-21-11-8-16/h3-6,9,12-13,16,21H,7-8,10-11H2,1-2H3/b12-9+. The van der Waals surface area contributed by atoms with Crippen molar-refractivity contribution < 1.29 is 9.18 Å². The van der Waals surface area contributed by atoms with Crippen LogP contribution < -0.4 is 5.32 Å². The molecule has 1 N–H and O–H groups in total. The molecule has 0 atom stereocenters. The molecule has 0 unspecified atom stereocenters. The van der Waals surface area contributed by atoms with E-state index in [0.717, 1.165) is 31.5 Å². The van der Waals surface area contributed by atoms with Crippen molar-refractivity contribution >= 4 is 5.78 Å². The maximum atomic E-state index is 13.3. The number of rotatable bonds is 5. The highest BCUT2D eigenvalue weighted by Crippen LogP contribution is 2.28. The molecule has 3 rings (SSSR count). The fraction of sp³-hybridized carbons (Fsp3) is 0.368. The number of nitrogens with one attached hydrogen (secondary N) is 1. The molecule has 2 heterocycles. The van der Waals surface area contributed by atoms with E-state index < -0.39 is 0 Å².